The third-order valence-electron chi connectivity index (χ3n) is 4.75. The van der Waals surface area contributed by atoms with Crippen LogP contribution in [0.5, 0.6) is 0 Å². The largest absolute Gasteiger partial charge is 0.334 e. The van der Waals surface area contributed by atoms with Gasteiger partial charge in [-0.3, -0.25) is 4.79 Å². The lowest BCUT2D eigenvalue weighted by Gasteiger charge is -2.22. The molecule has 3 aromatic heterocycles. The number of hydrogen-bond acceptors (Lipinski definition) is 6. The average Bonchev–Trinajstić information content (AvgIpc) is 3.16. The number of aromatic nitrogens is 4. The van der Waals surface area contributed by atoms with Gasteiger partial charge in [0.05, 0.1) is 13.0 Å². The maximum atomic E-state index is 13.1. The standard InChI is InChI=1S/C18H21N5OS2/c1-11-15(12(2)23-17(19-11)20-18(21-23)25-3)9-16(24)22(13-6-7-13)10-14-5-4-8-26-14/h4-5,8,13H,6-7,9-10H2,1-3H3. The number of aryl methyl sites for hydroxylation is 2. The lowest BCUT2D eigenvalue weighted by Crippen LogP contribution is -2.34. The molecule has 0 saturated heterocycles. The highest BCUT2D eigenvalue weighted by Crippen LogP contribution is 2.30. The first kappa shape index (κ1) is 17.5. The van der Waals surface area contributed by atoms with Crippen LogP contribution in [0.1, 0.15) is 34.7 Å². The Morgan fingerprint density at radius 2 is 2.19 bits per heavy atom. The second-order valence-corrected chi connectivity index (χ2v) is 8.39. The molecule has 0 aliphatic heterocycles. The van der Waals surface area contributed by atoms with Crippen LogP contribution in [0.25, 0.3) is 5.78 Å². The number of rotatable bonds is 6. The summed E-state index contributed by atoms with van der Waals surface area (Å²) in [5.74, 6) is 0.761. The maximum absolute atomic E-state index is 13.1. The van der Waals surface area contributed by atoms with Crippen molar-refractivity contribution in [1.29, 1.82) is 0 Å². The summed E-state index contributed by atoms with van der Waals surface area (Å²) in [7, 11) is 0. The van der Waals surface area contributed by atoms with Crippen LogP contribution in [0.2, 0.25) is 0 Å². The van der Waals surface area contributed by atoms with Crippen molar-refractivity contribution in [3.05, 3.63) is 39.3 Å². The zero-order valence-corrected chi connectivity index (χ0v) is 16.7. The van der Waals surface area contributed by atoms with Gasteiger partial charge in [0, 0.05) is 27.9 Å². The third kappa shape index (κ3) is 3.35. The Kier molecular flexibility index (Phi) is 4.71. The monoisotopic (exact) mass is 387 g/mol. The van der Waals surface area contributed by atoms with E-state index in [0.717, 1.165) is 29.8 Å². The molecule has 1 amide bonds. The van der Waals surface area contributed by atoms with Crippen LogP contribution in [-0.4, -0.2) is 42.7 Å². The maximum Gasteiger partial charge on any atom is 0.253 e. The van der Waals surface area contributed by atoms with Gasteiger partial charge >= 0.3 is 0 Å². The summed E-state index contributed by atoms with van der Waals surface area (Å²) < 4.78 is 1.75. The molecule has 0 N–H and O–H groups in total. The van der Waals surface area contributed by atoms with Gasteiger partial charge in [0.1, 0.15) is 0 Å². The van der Waals surface area contributed by atoms with Crippen molar-refractivity contribution in [2.24, 2.45) is 0 Å². The van der Waals surface area contributed by atoms with Gasteiger partial charge in [-0.25, -0.2) is 9.50 Å². The summed E-state index contributed by atoms with van der Waals surface area (Å²) in [6.07, 6.45) is 4.51. The highest BCUT2D eigenvalue weighted by molar-refractivity contribution is 7.98. The minimum absolute atomic E-state index is 0.165. The van der Waals surface area contributed by atoms with Crippen LogP contribution in [-0.2, 0) is 17.8 Å². The highest BCUT2D eigenvalue weighted by Gasteiger charge is 2.33. The molecule has 6 nitrogen and oxygen atoms in total. The Balaban J connectivity index is 1.61. The van der Waals surface area contributed by atoms with Crippen LogP contribution < -0.4 is 0 Å². The summed E-state index contributed by atoms with van der Waals surface area (Å²) in [4.78, 5) is 25.3. The van der Waals surface area contributed by atoms with Crippen molar-refractivity contribution in [2.75, 3.05) is 6.26 Å². The molecular formula is C18H21N5OS2. The smallest absolute Gasteiger partial charge is 0.253 e. The SMILES string of the molecule is CSc1nc2nc(C)c(CC(=O)N(Cc3cccs3)C3CC3)c(C)n2n1. The van der Waals surface area contributed by atoms with Crippen LogP contribution in [0.15, 0.2) is 22.7 Å². The molecule has 0 atom stereocenters. The molecule has 1 aliphatic carbocycles. The van der Waals surface area contributed by atoms with E-state index in [-0.39, 0.29) is 5.91 Å². The van der Waals surface area contributed by atoms with E-state index in [1.807, 2.05) is 31.1 Å². The quantitative estimate of drug-likeness (QED) is 0.608. The molecule has 1 fully saturated rings. The molecular weight excluding hydrogens is 366 g/mol. The molecule has 1 saturated carbocycles. The van der Waals surface area contributed by atoms with E-state index >= 15 is 0 Å². The van der Waals surface area contributed by atoms with E-state index in [1.54, 1.807) is 15.9 Å². The normalized spacial score (nSPS) is 14.1. The molecule has 8 heteroatoms. The van der Waals surface area contributed by atoms with Gasteiger partial charge in [-0.05, 0) is 44.4 Å². The third-order valence-corrected chi connectivity index (χ3v) is 6.15. The molecule has 3 aromatic rings. The summed E-state index contributed by atoms with van der Waals surface area (Å²) in [5.41, 5.74) is 2.76. The van der Waals surface area contributed by atoms with Crippen molar-refractivity contribution in [2.45, 2.75) is 50.9 Å². The predicted molar refractivity (Wildman–Crippen MR) is 104 cm³/mol. The Labute approximate surface area is 160 Å². The average molecular weight is 388 g/mol. The molecule has 0 spiro atoms. The van der Waals surface area contributed by atoms with Crippen molar-refractivity contribution in [1.82, 2.24) is 24.5 Å². The first-order valence-corrected chi connectivity index (χ1v) is 10.8. The van der Waals surface area contributed by atoms with Crippen molar-refractivity contribution in [3.8, 4) is 0 Å². The molecule has 3 heterocycles. The zero-order chi connectivity index (χ0) is 18.3. The molecule has 4 rings (SSSR count). The van der Waals surface area contributed by atoms with E-state index in [1.165, 1.54) is 16.6 Å². The van der Waals surface area contributed by atoms with Crippen molar-refractivity contribution >= 4 is 34.8 Å². The van der Waals surface area contributed by atoms with E-state index < -0.39 is 0 Å². The molecule has 1 aliphatic rings. The van der Waals surface area contributed by atoms with Gasteiger partial charge in [0.15, 0.2) is 0 Å². The summed E-state index contributed by atoms with van der Waals surface area (Å²) >= 11 is 3.19. The first-order chi connectivity index (χ1) is 12.6. The fourth-order valence-corrected chi connectivity index (χ4v) is 4.20. The van der Waals surface area contributed by atoms with Crippen LogP contribution >= 0.6 is 23.1 Å². The number of hydrogen-bond donors (Lipinski definition) is 0. The summed E-state index contributed by atoms with van der Waals surface area (Å²) in [6, 6.07) is 4.52. The predicted octanol–water partition coefficient (Wildman–Crippen LogP) is 3.26. The van der Waals surface area contributed by atoms with Crippen LogP contribution in [0, 0.1) is 13.8 Å². The molecule has 26 heavy (non-hydrogen) atoms. The summed E-state index contributed by atoms with van der Waals surface area (Å²) in [5, 5.41) is 7.23. The number of thioether (sulfide) groups is 1. The molecule has 0 bridgehead atoms. The molecule has 136 valence electrons. The number of carbonyl (C=O) groups is 1. The van der Waals surface area contributed by atoms with E-state index in [2.05, 4.69) is 26.5 Å². The van der Waals surface area contributed by atoms with Crippen molar-refractivity contribution < 1.29 is 4.79 Å². The second kappa shape index (κ2) is 7.00. The van der Waals surface area contributed by atoms with Gasteiger partial charge in [0.25, 0.3) is 5.78 Å². The Hall–Kier alpha value is -1.93. The fourth-order valence-electron chi connectivity index (χ4n) is 3.16. The minimum Gasteiger partial charge on any atom is -0.334 e. The van der Waals surface area contributed by atoms with Gasteiger partial charge < -0.3 is 4.90 Å². The number of fused-ring (bicyclic) bond motifs is 1. The first-order valence-electron chi connectivity index (χ1n) is 8.65. The Morgan fingerprint density at radius 3 is 2.85 bits per heavy atom. The van der Waals surface area contributed by atoms with Gasteiger partial charge in [-0.2, -0.15) is 4.98 Å². The Morgan fingerprint density at radius 1 is 1.38 bits per heavy atom. The zero-order valence-electron chi connectivity index (χ0n) is 15.1. The molecule has 0 radical (unpaired) electrons. The lowest BCUT2D eigenvalue weighted by atomic mass is 10.1. The van der Waals surface area contributed by atoms with E-state index in [0.29, 0.717) is 29.9 Å². The Bertz CT molecular complexity index is 946. The highest BCUT2D eigenvalue weighted by atomic mass is 32.2. The van der Waals surface area contributed by atoms with Crippen molar-refractivity contribution in [3.63, 3.8) is 0 Å². The van der Waals surface area contributed by atoms with E-state index in [4.69, 9.17) is 0 Å². The van der Waals surface area contributed by atoms with E-state index in [9.17, 15) is 4.79 Å². The van der Waals surface area contributed by atoms with Crippen LogP contribution in [0.3, 0.4) is 0 Å². The molecule has 0 aromatic carbocycles. The van der Waals surface area contributed by atoms with Gasteiger partial charge in [-0.15, -0.1) is 16.4 Å². The minimum atomic E-state index is 0.165. The van der Waals surface area contributed by atoms with Crippen LogP contribution in [0.4, 0.5) is 0 Å². The second-order valence-electron chi connectivity index (χ2n) is 6.58. The number of nitrogens with zero attached hydrogens (tertiary/aromatic N) is 5. The number of carbonyl (C=O) groups excluding carboxylic acids is 1. The molecule has 0 unspecified atom stereocenters. The lowest BCUT2D eigenvalue weighted by molar-refractivity contribution is -0.131. The number of thiophene rings is 1. The number of amides is 1. The fraction of sp³-hybridized carbons (Fsp3) is 0.444. The van der Waals surface area contributed by atoms with Gasteiger partial charge in [-0.1, -0.05) is 17.8 Å². The van der Waals surface area contributed by atoms with Gasteiger partial charge in [0.2, 0.25) is 11.1 Å². The summed E-state index contributed by atoms with van der Waals surface area (Å²) in [6.45, 7) is 4.64. The topological polar surface area (TPSA) is 63.4 Å².